The summed E-state index contributed by atoms with van der Waals surface area (Å²) in [4.78, 5) is 23.7. The molecule has 28 heavy (non-hydrogen) atoms. The zero-order chi connectivity index (χ0) is 19.1. The monoisotopic (exact) mass is 376 g/mol. The van der Waals surface area contributed by atoms with E-state index in [0.29, 0.717) is 30.2 Å². The summed E-state index contributed by atoms with van der Waals surface area (Å²) in [5, 5.41) is 0. The van der Waals surface area contributed by atoms with Crippen LogP contribution in [0.25, 0.3) is 22.7 Å². The number of hydrogen-bond donors (Lipinski definition) is 0. The van der Waals surface area contributed by atoms with Gasteiger partial charge in [0.25, 0.3) is 5.91 Å². The molecule has 5 rings (SSSR count). The van der Waals surface area contributed by atoms with E-state index in [9.17, 15) is 9.18 Å². The van der Waals surface area contributed by atoms with Gasteiger partial charge in [-0.2, -0.15) is 0 Å². The number of carbonyl (C=O) groups is 1. The number of aromatic nitrogens is 3. The smallest absolute Gasteiger partial charge is 0.254 e. The number of halogens is 1. The Morgan fingerprint density at radius 2 is 2.11 bits per heavy atom. The van der Waals surface area contributed by atoms with Crippen LogP contribution in [0, 0.1) is 5.82 Å². The molecule has 1 saturated heterocycles. The van der Waals surface area contributed by atoms with E-state index >= 15 is 0 Å². The number of likely N-dealkylation sites (tertiary alicyclic amines) is 1. The highest BCUT2D eigenvalue weighted by molar-refractivity contribution is 5.94. The van der Waals surface area contributed by atoms with Crippen molar-refractivity contribution in [1.82, 2.24) is 19.4 Å². The number of fused-ring (bicyclic) bond motifs is 1. The van der Waals surface area contributed by atoms with Crippen LogP contribution in [0.5, 0.6) is 0 Å². The van der Waals surface area contributed by atoms with Gasteiger partial charge < -0.3 is 13.9 Å². The third kappa shape index (κ3) is 2.76. The number of hydrogen-bond acceptors (Lipinski definition) is 4. The Bertz CT molecular complexity index is 1150. The first-order chi connectivity index (χ1) is 13.7. The molecule has 4 heterocycles. The Kier molecular flexibility index (Phi) is 3.93. The lowest BCUT2D eigenvalue weighted by molar-refractivity contribution is 0.0787. The Morgan fingerprint density at radius 1 is 1.18 bits per heavy atom. The molecule has 1 aromatic carbocycles. The number of benzene rings is 1. The van der Waals surface area contributed by atoms with E-state index in [0.717, 1.165) is 17.6 Å². The molecule has 1 aliphatic rings. The molecular weight excluding hydrogens is 359 g/mol. The van der Waals surface area contributed by atoms with Gasteiger partial charge in [-0.15, -0.1) is 0 Å². The standard InChI is InChI=1S/C21H17FN4O2/c22-15-5-1-4-14(12-15)21(27)25-10-8-16(13-25)26-19-17(6-2-9-23-19)24-20(26)18-7-3-11-28-18/h1-7,9,11-12,16H,8,10,13H2/t16-/m1/s1. The summed E-state index contributed by atoms with van der Waals surface area (Å²) >= 11 is 0. The van der Waals surface area contributed by atoms with Crippen molar-refractivity contribution >= 4 is 17.1 Å². The molecule has 0 N–H and O–H groups in total. The van der Waals surface area contributed by atoms with Gasteiger partial charge in [0.2, 0.25) is 0 Å². The lowest BCUT2D eigenvalue weighted by Crippen LogP contribution is -2.29. The van der Waals surface area contributed by atoms with Crippen molar-refractivity contribution < 1.29 is 13.6 Å². The Labute approximate surface area is 160 Å². The van der Waals surface area contributed by atoms with Gasteiger partial charge in [-0.1, -0.05) is 6.07 Å². The Morgan fingerprint density at radius 3 is 2.93 bits per heavy atom. The third-order valence-corrected chi connectivity index (χ3v) is 5.08. The maximum Gasteiger partial charge on any atom is 0.254 e. The van der Waals surface area contributed by atoms with Gasteiger partial charge in [0.15, 0.2) is 17.2 Å². The molecular formula is C21H17FN4O2. The van der Waals surface area contributed by atoms with Gasteiger partial charge in [0.1, 0.15) is 11.3 Å². The highest BCUT2D eigenvalue weighted by Gasteiger charge is 2.31. The van der Waals surface area contributed by atoms with Crippen LogP contribution in [0.2, 0.25) is 0 Å². The highest BCUT2D eigenvalue weighted by Crippen LogP contribution is 2.32. The zero-order valence-electron chi connectivity index (χ0n) is 15.0. The van der Waals surface area contributed by atoms with E-state index in [1.165, 1.54) is 12.1 Å². The number of nitrogens with zero attached hydrogens (tertiary/aromatic N) is 4. The predicted octanol–water partition coefficient (Wildman–Crippen LogP) is 3.92. The number of furan rings is 1. The van der Waals surface area contributed by atoms with Crippen LogP contribution in [-0.2, 0) is 0 Å². The van der Waals surface area contributed by atoms with Crippen LogP contribution < -0.4 is 0 Å². The molecule has 4 aromatic rings. The Balaban J connectivity index is 1.50. The molecule has 6 nitrogen and oxygen atoms in total. The maximum atomic E-state index is 13.5. The summed E-state index contributed by atoms with van der Waals surface area (Å²) in [7, 11) is 0. The fraction of sp³-hybridized carbons (Fsp3) is 0.190. The molecule has 0 aliphatic carbocycles. The minimum absolute atomic E-state index is 0.0116. The van der Waals surface area contributed by atoms with Gasteiger partial charge >= 0.3 is 0 Å². The van der Waals surface area contributed by atoms with Crippen molar-refractivity contribution in [3.05, 3.63) is 72.4 Å². The number of rotatable bonds is 3. The van der Waals surface area contributed by atoms with Gasteiger partial charge in [-0.05, 0) is 48.9 Å². The molecule has 1 aliphatic heterocycles. The lowest BCUT2D eigenvalue weighted by atomic mass is 10.2. The van der Waals surface area contributed by atoms with Gasteiger partial charge in [0, 0.05) is 24.8 Å². The minimum atomic E-state index is -0.411. The first kappa shape index (κ1) is 16.7. The molecule has 1 atom stereocenters. The van der Waals surface area contributed by atoms with Crippen molar-refractivity contribution in [2.75, 3.05) is 13.1 Å². The average Bonchev–Trinajstić information content (AvgIpc) is 3.45. The maximum absolute atomic E-state index is 13.5. The van der Waals surface area contributed by atoms with Gasteiger partial charge in [-0.3, -0.25) is 4.79 Å². The van der Waals surface area contributed by atoms with Crippen molar-refractivity contribution in [3.8, 4) is 11.6 Å². The molecule has 140 valence electrons. The second-order valence-electron chi connectivity index (χ2n) is 6.83. The van der Waals surface area contributed by atoms with E-state index in [1.54, 1.807) is 29.5 Å². The van der Waals surface area contributed by atoms with E-state index in [1.807, 2.05) is 28.8 Å². The topological polar surface area (TPSA) is 64.2 Å². The average molecular weight is 376 g/mol. The largest absolute Gasteiger partial charge is 0.461 e. The molecule has 1 amide bonds. The quantitative estimate of drug-likeness (QED) is 0.544. The van der Waals surface area contributed by atoms with Crippen LogP contribution in [-0.4, -0.2) is 38.4 Å². The molecule has 0 saturated carbocycles. The molecule has 0 radical (unpaired) electrons. The molecule has 1 fully saturated rings. The molecule has 0 spiro atoms. The van der Waals surface area contributed by atoms with Crippen LogP contribution in [0.15, 0.2) is 65.4 Å². The summed E-state index contributed by atoms with van der Waals surface area (Å²) in [6.07, 6.45) is 4.11. The first-order valence-corrected chi connectivity index (χ1v) is 9.12. The van der Waals surface area contributed by atoms with Crippen LogP contribution in [0.1, 0.15) is 22.8 Å². The number of imidazole rings is 1. The number of amides is 1. The molecule has 0 unspecified atom stereocenters. The van der Waals surface area contributed by atoms with Crippen molar-refractivity contribution in [2.24, 2.45) is 0 Å². The van der Waals surface area contributed by atoms with Crippen LogP contribution in [0.3, 0.4) is 0 Å². The zero-order valence-corrected chi connectivity index (χ0v) is 15.0. The molecule has 3 aromatic heterocycles. The Hall–Kier alpha value is -3.48. The summed E-state index contributed by atoms with van der Waals surface area (Å²) < 4.78 is 21.1. The van der Waals surface area contributed by atoms with E-state index in [-0.39, 0.29) is 11.9 Å². The van der Waals surface area contributed by atoms with Crippen LogP contribution in [0.4, 0.5) is 4.39 Å². The second kappa shape index (κ2) is 6.60. The third-order valence-electron chi connectivity index (χ3n) is 5.08. The van der Waals surface area contributed by atoms with Gasteiger partial charge in [0.05, 0.1) is 12.3 Å². The number of pyridine rings is 1. The van der Waals surface area contributed by atoms with Crippen molar-refractivity contribution in [3.63, 3.8) is 0 Å². The highest BCUT2D eigenvalue weighted by atomic mass is 19.1. The fourth-order valence-corrected chi connectivity index (χ4v) is 3.80. The van der Waals surface area contributed by atoms with Crippen LogP contribution >= 0.6 is 0 Å². The predicted molar refractivity (Wildman–Crippen MR) is 101 cm³/mol. The minimum Gasteiger partial charge on any atom is -0.461 e. The summed E-state index contributed by atoms with van der Waals surface area (Å²) in [5.74, 6) is 0.780. The van der Waals surface area contributed by atoms with Crippen molar-refractivity contribution in [2.45, 2.75) is 12.5 Å². The summed E-state index contributed by atoms with van der Waals surface area (Å²) in [5.41, 5.74) is 1.91. The van der Waals surface area contributed by atoms with Gasteiger partial charge in [-0.25, -0.2) is 14.4 Å². The lowest BCUT2D eigenvalue weighted by Gasteiger charge is -2.18. The normalized spacial score (nSPS) is 16.8. The summed E-state index contributed by atoms with van der Waals surface area (Å²) in [6, 6.07) is 13.3. The molecule has 7 heteroatoms. The van der Waals surface area contributed by atoms with Crippen molar-refractivity contribution in [1.29, 1.82) is 0 Å². The first-order valence-electron chi connectivity index (χ1n) is 9.12. The second-order valence-corrected chi connectivity index (χ2v) is 6.83. The van der Waals surface area contributed by atoms with E-state index in [4.69, 9.17) is 9.40 Å². The summed E-state index contributed by atoms with van der Waals surface area (Å²) in [6.45, 7) is 1.09. The molecule has 0 bridgehead atoms. The van der Waals surface area contributed by atoms with E-state index < -0.39 is 5.82 Å². The number of carbonyl (C=O) groups excluding carboxylic acids is 1. The van der Waals surface area contributed by atoms with E-state index in [2.05, 4.69) is 4.98 Å². The SMILES string of the molecule is O=C(c1cccc(F)c1)N1CC[C@@H](n2c(-c3ccco3)nc3cccnc32)C1. The fourth-order valence-electron chi connectivity index (χ4n) is 3.80.